The Balaban J connectivity index is 1.51. The van der Waals surface area contributed by atoms with Gasteiger partial charge in [0.25, 0.3) is 5.89 Å². The molecule has 3 aromatic rings. The Morgan fingerprint density at radius 3 is 2.70 bits per heavy atom. The summed E-state index contributed by atoms with van der Waals surface area (Å²) >= 11 is 0. The number of carbonyl (C=O) groups is 1. The average molecular weight is 363 g/mol. The van der Waals surface area contributed by atoms with E-state index in [0.29, 0.717) is 11.5 Å². The number of hydrogen-bond acceptors (Lipinski definition) is 5. The number of allylic oxidation sites excluding steroid dienone is 1. The van der Waals surface area contributed by atoms with E-state index >= 15 is 0 Å². The van der Waals surface area contributed by atoms with Crippen molar-refractivity contribution in [2.75, 3.05) is 6.54 Å². The Bertz CT molecular complexity index is 968. The van der Waals surface area contributed by atoms with Gasteiger partial charge in [-0.2, -0.15) is 0 Å². The van der Waals surface area contributed by atoms with E-state index in [9.17, 15) is 9.18 Å². The summed E-state index contributed by atoms with van der Waals surface area (Å²) in [5.41, 5.74) is 0.930. The highest BCUT2D eigenvalue weighted by molar-refractivity contribution is 6.04. The van der Waals surface area contributed by atoms with Crippen molar-refractivity contribution in [1.82, 2.24) is 15.1 Å². The first-order valence-corrected chi connectivity index (χ1v) is 8.84. The van der Waals surface area contributed by atoms with E-state index in [4.69, 9.17) is 4.42 Å². The number of halogens is 1. The Labute approximate surface area is 156 Å². The van der Waals surface area contributed by atoms with Crippen molar-refractivity contribution in [2.24, 2.45) is 0 Å². The van der Waals surface area contributed by atoms with Gasteiger partial charge in [0.05, 0.1) is 5.56 Å². The van der Waals surface area contributed by atoms with Crippen LogP contribution in [0.1, 0.15) is 35.1 Å². The number of aromatic nitrogens is 2. The number of likely N-dealkylation sites (tertiary alicyclic amines) is 1. The van der Waals surface area contributed by atoms with E-state index in [2.05, 4.69) is 10.2 Å². The van der Waals surface area contributed by atoms with Crippen LogP contribution >= 0.6 is 0 Å². The molecule has 0 N–H and O–H groups in total. The van der Waals surface area contributed by atoms with Gasteiger partial charge in [-0.3, -0.25) is 4.79 Å². The number of hydrogen-bond donors (Lipinski definition) is 0. The minimum Gasteiger partial charge on any atom is -0.418 e. The average Bonchev–Trinajstić information content (AvgIpc) is 3.36. The normalized spacial score (nSPS) is 16.9. The number of ketones is 1. The number of nitrogens with zero attached hydrogens (tertiary/aromatic N) is 3. The van der Waals surface area contributed by atoms with Crippen molar-refractivity contribution in [3.05, 3.63) is 84.1 Å². The molecule has 0 saturated carbocycles. The highest BCUT2D eigenvalue weighted by Crippen LogP contribution is 2.33. The highest BCUT2D eigenvalue weighted by atomic mass is 19.1. The summed E-state index contributed by atoms with van der Waals surface area (Å²) in [6, 6.07) is 15.3. The predicted octanol–water partition coefficient (Wildman–Crippen LogP) is 4.41. The third-order valence-electron chi connectivity index (χ3n) is 4.60. The lowest BCUT2D eigenvalue weighted by Gasteiger charge is -2.19. The summed E-state index contributed by atoms with van der Waals surface area (Å²) in [6.45, 7) is 0.792. The summed E-state index contributed by atoms with van der Waals surface area (Å²) in [5.74, 6) is 0.144. The maximum atomic E-state index is 13.9. The lowest BCUT2D eigenvalue weighted by Crippen LogP contribution is -2.17. The molecule has 1 aliphatic rings. The van der Waals surface area contributed by atoms with Crippen molar-refractivity contribution in [3.63, 3.8) is 0 Å². The SMILES string of the molecule is O=C(C=CN1CCCC1c1nnc(-c2ccccc2F)o1)c1ccccc1. The van der Waals surface area contributed by atoms with Crippen LogP contribution in [0.4, 0.5) is 4.39 Å². The Hall–Kier alpha value is -3.28. The van der Waals surface area contributed by atoms with Crippen molar-refractivity contribution in [3.8, 4) is 11.5 Å². The molecule has 1 atom stereocenters. The van der Waals surface area contributed by atoms with Gasteiger partial charge in [0.2, 0.25) is 5.89 Å². The molecular formula is C21H18FN3O2. The summed E-state index contributed by atoms with van der Waals surface area (Å²) < 4.78 is 19.7. The molecule has 0 spiro atoms. The second-order valence-corrected chi connectivity index (χ2v) is 6.37. The van der Waals surface area contributed by atoms with Crippen LogP contribution in [0.2, 0.25) is 0 Å². The van der Waals surface area contributed by atoms with Gasteiger partial charge in [0.1, 0.15) is 11.9 Å². The van der Waals surface area contributed by atoms with E-state index in [1.807, 2.05) is 23.1 Å². The minimum absolute atomic E-state index is 0.0566. The van der Waals surface area contributed by atoms with Gasteiger partial charge in [-0.25, -0.2) is 4.39 Å². The molecule has 1 fully saturated rings. The van der Waals surface area contributed by atoms with Crippen molar-refractivity contribution in [1.29, 1.82) is 0 Å². The molecule has 0 amide bonds. The highest BCUT2D eigenvalue weighted by Gasteiger charge is 2.29. The molecule has 5 nitrogen and oxygen atoms in total. The first-order chi connectivity index (χ1) is 13.2. The summed E-state index contributed by atoms with van der Waals surface area (Å²) in [4.78, 5) is 14.3. The maximum absolute atomic E-state index is 13.9. The molecule has 6 heteroatoms. The van der Waals surface area contributed by atoms with E-state index in [0.717, 1.165) is 19.4 Å². The predicted molar refractivity (Wildman–Crippen MR) is 98.3 cm³/mol. The fourth-order valence-electron chi connectivity index (χ4n) is 3.21. The molecule has 27 heavy (non-hydrogen) atoms. The molecule has 0 bridgehead atoms. The molecule has 2 heterocycles. The van der Waals surface area contributed by atoms with Crippen molar-refractivity contribution < 1.29 is 13.6 Å². The fraction of sp³-hybridized carbons (Fsp3) is 0.190. The van der Waals surface area contributed by atoms with Crippen LogP contribution in [0.5, 0.6) is 0 Å². The van der Waals surface area contributed by atoms with Crippen LogP contribution in [0, 0.1) is 5.82 Å². The smallest absolute Gasteiger partial charge is 0.250 e. The Kier molecular flexibility index (Phi) is 4.78. The zero-order valence-corrected chi connectivity index (χ0v) is 14.6. The monoisotopic (exact) mass is 363 g/mol. The van der Waals surface area contributed by atoms with E-state index in [1.165, 1.54) is 6.07 Å². The summed E-state index contributed by atoms with van der Waals surface area (Å²) in [5, 5.41) is 8.10. The molecule has 0 radical (unpaired) electrons. The van der Waals surface area contributed by atoms with Gasteiger partial charge in [0, 0.05) is 24.4 Å². The Morgan fingerprint density at radius 1 is 1.11 bits per heavy atom. The van der Waals surface area contributed by atoms with E-state index < -0.39 is 5.82 Å². The first kappa shape index (κ1) is 17.1. The van der Waals surface area contributed by atoms with Gasteiger partial charge in [0.15, 0.2) is 5.78 Å². The summed E-state index contributed by atoms with van der Waals surface area (Å²) in [6.07, 6.45) is 5.12. The topological polar surface area (TPSA) is 59.2 Å². The molecule has 1 unspecified atom stereocenters. The molecular weight excluding hydrogens is 345 g/mol. The maximum Gasteiger partial charge on any atom is 0.250 e. The first-order valence-electron chi connectivity index (χ1n) is 8.84. The van der Waals surface area contributed by atoms with Gasteiger partial charge >= 0.3 is 0 Å². The molecule has 136 valence electrons. The third kappa shape index (κ3) is 3.65. The molecule has 0 aliphatic carbocycles. The molecule has 1 aliphatic heterocycles. The van der Waals surface area contributed by atoms with Crippen LogP contribution in [-0.4, -0.2) is 27.4 Å². The Morgan fingerprint density at radius 2 is 1.89 bits per heavy atom. The molecule has 4 rings (SSSR count). The number of carbonyl (C=O) groups excluding carboxylic acids is 1. The van der Waals surface area contributed by atoms with Gasteiger partial charge < -0.3 is 9.32 Å². The van der Waals surface area contributed by atoms with E-state index in [1.54, 1.807) is 42.6 Å². The largest absolute Gasteiger partial charge is 0.418 e. The van der Waals surface area contributed by atoms with Crippen molar-refractivity contribution >= 4 is 5.78 Å². The van der Waals surface area contributed by atoms with Crippen LogP contribution in [-0.2, 0) is 0 Å². The second kappa shape index (κ2) is 7.53. The molecule has 1 saturated heterocycles. The summed E-state index contributed by atoms with van der Waals surface area (Å²) in [7, 11) is 0. The zero-order valence-electron chi connectivity index (χ0n) is 14.6. The van der Waals surface area contributed by atoms with Gasteiger partial charge in [-0.1, -0.05) is 42.5 Å². The second-order valence-electron chi connectivity index (χ2n) is 6.37. The zero-order chi connectivity index (χ0) is 18.6. The van der Waals surface area contributed by atoms with Crippen LogP contribution in [0.3, 0.4) is 0 Å². The lowest BCUT2D eigenvalue weighted by molar-refractivity contribution is 0.104. The fourth-order valence-corrected chi connectivity index (χ4v) is 3.21. The van der Waals surface area contributed by atoms with Crippen LogP contribution in [0.15, 0.2) is 71.3 Å². The minimum atomic E-state index is -0.399. The standard InChI is InChI=1S/C21H18FN3O2/c22-17-10-5-4-9-16(17)20-23-24-21(27-20)18-11-6-13-25(18)14-12-19(26)15-7-2-1-3-8-15/h1-5,7-10,12,14,18H,6,11,13H2. The van der Waals surface area contributed by atoms with Crippen molar-refractivity contribution in [2.45, 2.75) is 18.9 Å². The van der Waals surface area contributed by atoms with Crippen LogP contribution in [0.25, 0.3) is 11.5 Å². The number of rotatable bonds is 5. The van der Waals surface area contributed by atoms with E-state index in [-0.39, 0.29) is 23.3 Å². The third-order valence-corrected chi connectivity index (χ3v) is 4.60. The molecule has 1 aromatic heterocycles. The van der Waals surface area contributed by atoms with Gasteiger partial charge in [-0.15, -0.1) is 10.2 Å². The lowest BCUT2D eigenvalue weighted by atomic mass is 10.1. The van der Waals surface area contributed by atoms with Gasteiger partial charge in [-0.05, 0) is 25.0 Å². The molecule has 2 aromatic carbocycles. The number of benzene rings is 2. The van der Waals surface area contributed by atoms with Crippen LogP contribution < -0.4 is 0 Å². The quantitative estimate of drug-likeness (QED) is 0.496.